The zero-order valence-corrected chi connectivity index (χ0v) is 31.3. The van der Waals surface area contributed by atoms with Gasteiger partial charge in [-0.1, -0.05) is 96.6 Å². The third kappa shape index (κ3) is 9.36. The van der Waals surface area contributed by atoms with E-state index in [9.17, 15) is 18.0 Å². The Labute approximate surface area is 310 Å². The number of hydrogen-bond acceptors (Lipinski definition) is 6. The number of amides is 2. The van der Waals surface area contributed by atoms with Crippen LogP contribution in [0, 0.1) is 6.92 Å². The third-order valence-corrected chi connectivity index (χ3v) is 11.6. The molecule has 0 spiro atoms. The summed E-state index contributed by atoms with van der Waals surface area (Å²) in [5.41, 5.74) is 2.21. The number of benzene rings is 4. The van der Waals surface area contributed by atoms with Gasteiger partial charge in [0.25, 0.3) is 10.0 Å². The number of methoxy groups -OCH3 is 2. The second kappa shape index (κ2) is 17.3. The number of nitrogens with one attached hydrogen (secondary N) is 1. The fraction of sp³-hybridized carbons (Fsp3) is 0.333. The van der Waals surface area contributed by atoms with Crippen LogP contribution in [0.4, 0.5) is 5.69 Å². The molecular weight excluding hydrogens is 709 g/mol. The summed E-state index contributed by atoms with van der Waals surface area (Å²) < 4.78 is 41.1. The van der Waals surface area contributed by atoms with E-state index >= 15 is 0 Å². The highest BCUT2D eigenvalue weighted by atomic mass is 35.5. The van der Waals surface area contributed by atoms with E-state index in [1.807, 2.05) is 37.3 Å². The van der Waals surface area contributed by atoms with Crippen molar-refractivity contribution in [3.63, 3.8) is 0 Å². The van der Waals surface area contributed by atoms with E-state index in [4.69, 9.17) is 32.7 Å². The largest absolute Gasteiger partial charge is 0.497 e. The quantitative estimate of drug-likeness (QED) is 0.142. The number of rotatable bonds is 14. The maximum Gasteiger partial charge on any atom is 0.264 e. The molecule has 12 heteroatoms. The molecule has 2 amide bonds. The van der Waals surface area contributed by atoms with Gasteiger partial charge in [0.05, 0.1) is 24.8 Å². The van der Waals surface area contributed by atoms with Crippen LogP contribution in [0.1, 0.15) is 48.8 Å². The smallest absolute Gasteiger partial charge is 0.264 e. The molecule has 0 bridgehead atoms. The monoisotopic (exact) mass is 751 g/mol. The Morgan fingerprint density at radius 3 is 2.16 bits per heavy atom. The van der Waals surface area contributed by atoms with Crippen molar-refractivity contribution in [2.75, 3.05) is 25.1 Å². The molecule has 1 saturated carbocycles. The second-order valence-corrected chi connectivity index (χ2v) is 15.3. The van der Waals surface area contributed by atoms with E-state index in [-0.39, 0.29) is 41.2 Å². The average molecular weight is 753 g/mol. The predicted molar refractivity (Wildman–Crippen MR) is 201 cm³/mol. The summed E-state index contributed by atoms with van der Waals surface area (Å²) in [5, 5.41) is 3.82. The SMILES string of the molecule is COc1ccc(OC)c(N(CC(=O)N(Cc2c(Cl)cccc2Cl)[C@@H](Cc2ccccc2)C(=O)NC2CCCCC2)S(=O)(=O)c2ccc(C)cc2)c1. The number of anilines is 1. The van der Waals surface area contributed by atoms with Crippen LogP contribution in [0.2, 0.25) is 10.0 Å². The van der Waals surface area contributed by atoms with Crippen molar-refractivity contribution >= 4 is 50.7 Å². The van der Waals surface area contributed by atoms with Gasteiger partial charge in [0.15, 0.2) is 0 Å². The van der Waals surface area contributed by atoms with Gasteiger partial charge < -0.3 is 19.7 Å². The summed E-state index contributed by atoms with van der Waals surface area (Å²) in [7, 11) is -1.50. The van der Waals surface area contributed by atoms with E-state index in [2.05, 4.69) is 5.32 Å². The second-order valence-electron chi connectivity index (χ2n) is 12.6. The lowest BCUT2D eigenvalue weighted by molar-refractivity contribution is -0.140. The van der Waals surface area contributed by atoms with Gasteiger partial charge in [-0.15, -0.1) is 0 Å². The molecule has 4 aromatic rings. The molecule has 0 aliphatic heterocycles. The molecule has 1 fully saturated rings. The minimum absolute atomic E-state index is 0.0256. The van der Waals surface area contributed by atoms with Gasteiger partial charge in [0.2, 0.25) is 11.8 Å². The Kier molecular flexibility index (Phi) is 12.9. The van der Waals surface area contributed by atoms with Crippen molar-refractivity contribution in [1.82, 2.24) is 10.2 Å². The Hall–Kier alpha value is -4.25. The van der Waals surface area contributed by atoms with Crippen LogP contribution in [0.25, 0.3) is 0 Å². The Morgan fingerprint density at radius 2 is 1.53 bits per heavy atom. The van der Waals surface area contributed by atoms with Crippen molar-refractivity contribution in [2.24, 2.45) is 0 Å². The Morgan fingerprint density at radius 1 is 0.863 bits per heavy atom. The Bertz CT molecular complexity index is 1900. The molecule has 4 aromatic carbocycles. The maximum absolute atomic E-state index is 15.0. The van der Waals surface area contributed by atoms with E-state index in [0.29, 0.717) is 21.4 Å². The van der Waals surface area contributed by atoms with Gasteiger partial charge in [-0.2, -0.15) is 0 Å². The number of ether oxygens (including phenoxy) is 2. The van der Waals surface area contributed by atoms with E-state index < -0.39 is 28.5 Å². The molecule has 0 aromatic heterocycles. The summed E-state index contributed by atoms with van der Waals surface area (Å²) in [6.07, 6.45) is 4.95. The van der Waals surface area contributed by atoms with Gasteiger partial charge in [-0.3, -0.25) is 13.9 Å². The summed E-state index contributed by atoms with van der Waals surface area (Å²) >= 11 is 13.3. The number of carbonyl (C=O) groups excluding carboxylic acids is 2. The number of nitrogens with zero attached hydrogens (tertiary/aromatic N) is 2. The molecule has 1 aliphatic rings. The summed E-state index contributed by atoms with van der Waals surface area (Å²) in [6, 6.07) is 24.4. The maximum atomic E-state index is 15.0. The summed E-state index contributed by atoms with van der Waals surface area (Å²) in [4.78, 5) is 30.7. The first-order valence-corrected chi connectivity index (χ1v) is 19.1. The molecule has 0 radical (unpaired) electrons. The molecule has 1 aliphatic carbocycles. The molecule has 9 nitrogen and oxygen atoms in total. The van der Waals surface area contributed by atoms with Crippen molar-refractivity contribution < 1.29 is 27.5 Å². The van der Waals surface area contributed by atoms with Crippen LogP contribution in [0.5, 0.6) is 11.5 Å². The molecule has 1 atom stereocenters. The first-order valence-electron chi connectivity index (χ1n) is 16.9. The standard InChI is InChI=1S/C39H43Cl2N3O6S/c1-27-17-20-31(21-18-27)51(47,48)44(35-24-30(49-2)19-22-37(35)50-3)26-38(45)43(25-32-33(40)15-10-16-34(32)41)36(23-28-11-6-4-7-12-28)39(46)42-29-13-8-5-9-14-29/h4,6-7,10-12,15-22,24,29,36H,5,8-9,13-14,23,25-26H2,1-3H3,(H,42,46)/t36-/m0/s1. The molecule has 0 heterocycles. The normalized spacial score (nSPS) is 14.0. The Balaban J connectivity index is 1.64. The molecule has 0 unspecified atom stereocenters. The van der Waals surface area contributed by atoms with Crippen LogP contribution in [-0.2, 0) is 32.6 Å². The summed E-state index contributed by atoms with van der Waals surface area (Å²) in [6.45, 7) is 1.02. The number of hydrogen-bond donors (Lipinski definition) is 1. The highest BCUT2D eigenvalue weighted by Crippen LogP contribution is 2.36. The lowest BCUT2D eigenvalue weighted by Crippen LogP contribution is -2.55. The molecular formula is C39H43Cl2N3O6S. The minimum Gasteiger partial charge on any atom is -0.497 e. The van der Waals surface area contributed by atoms with E-state index in [1.54, 1.807) is 42.5 Å². The summed E-state index contributed by atoms with van der Waals surface area (Å²) in [5.74, 6) is -0.424. The van der Waals surface area contributed by atoms with Gasteiger partial charge in [-0.25, -0.2) is 8.42 Å². The fourth-order valence-electron chi connectivity index (χ4n) is 6.29. The van der Waals surface area contributed by atoms with Gasteiger partial charge >= 0.3 is 0 Å². The lowest BCUT2D eigenvalue weighted by atomic mass is 9.94. The van der Waals surface area contributed by atoms with E-state index in [1.165, 1.54) is 37.3 Å². The molecule has 0 saturated heterocycles. The third-order valence-electron chi connectivity index (χ3n) is 9.16. The van der Waals surface area contributed by atoms with Crippen molar-refractivity contribution in [3.05, 3.63) is 118 Å². The van der Waals surface area contributed by atoms with Crippen LogP contribution in [-0.4, -0.2) is 58.0 Å². The van der Waals surface area contributed by atoms with Crippen LogP contribution >= 0.6 is 23.2 Å². The topological polar surface area (TPSA) is 105 Å². The fourth-order valence-corrected chi connectivity index (χ4v) is 8.23. The zero-order valence-electron chi connectivity index (χ0n) is 29.0. The molecule has 5 rings (SSSR count). The van der Waals surface area contributed by atoms with Gasteiger partial charge in [0.1, 0.15) is 24.1 Å². The van der Waals surface area contributed by atoms with Crippen LogP contribution in [0.15, 0.2) is 95.9 Å². The molecule has 1 N–H and O–H groups in total. The van der Waals surface area contributed by atoms with Gasteiger partial charge in [0, 0.05) is 40.7 Å². The average Bonchev–Trinajstić information content (AvgIpc) is 3.13. The lowest BCUT2D eigenvalue weighted by Gasteiger charge is -2.35. The van der Waals surface area contributed by atoms with Crippen molar-refractivity contribution in [1.29, 1.82) is 0 Å². The number of sulfonamides is 1. The van der Waals surface area contributed by atoms with Gasteiger partial charge in [-0.05, 0) is 61.7 Å². The number of halogens is 2. The predicted octanol–water partition coefficient (Wildman–Crippen LogP) is 7.60. The highest BCUT2D eigenvalue weighted by Gasteiger charge is 2.37. The van der Waals surface area contributed by atoms with E-state index in [0.717, 1.165) is 47.5 Å². The van der Waals surface area contributed by atoms with Crippen LogP contribution in [0.3, 0.4) is 0 Å². The number of carbonyl (C=O) groups is 2. The first-order chi connectivity index (χ1) is 24.5. The minimum atomic E-state index is -4.38. The van der Waals surface area contributed by atoms with Crippen molar-refractivity contribution in [3.8, 4) is 11.5 Å². The number of aryl methyl sites for hydroxylation is 1. The van der Waals surface area contributed by atoms with Crippen LogP contribution < -0.4 is 19.1 Å². The first kappa shape index (κ1) is 38.0. The highest BCUT2D eigenvalue weighted by molar-refractivity contribution is 7.92. The zero-order chi connectivity index (χ0) is 36.5. The van der Waals surface area contributed by atoms with Crippen molar-refractivity contribution in [2.45, 2.75) is 69.0 Å². The molecule has 51 heavy (non-hydrogen) atoms. The molecule has 270 valence electrons.